The van der Waals surface area contributed by atoms with Crippen LogP contribution in [0.3, 0.4) is 0 Å². The van der Waals surface area contributed by atoms with Crippen LogP contribution >= 0.6 is 0 Å². The van der Waals surface area contributed by atoms with Crippen molar-refractivity contribution in [3.8, 4) is 0 Å². The maximum Gasteiger partial charge on any atom is 0.316 e. The van der Waals surface area contributed by atoms with Crippen molar-refractivity contribution in [2.45, 2.75) is 32.1 Å². The third-order valence-corrected chi connectivity index (χ3v) is 4.66. The van der Waals surface area contributed by atoms with Crippen LogP contribution < -0.4 is 5.32 Å². The van der Waals surface area contributed by atoms with E-state index in [0.717, 1.165) is 16.8 Å². The Morgan fingerprint density at radius 2 is 1.81 bits per heavy atom. The van der Waals surface area contributed by atoms with Gasteiger partial charge >= 0.3 is 5.97 Å². The number of ether oxygens (including phenoxy) is 1. The van der Waals surface area contributed by atoms with Crippen LogP contribution in [0.15, 0.2) is 48.5 Å². The minimum Gasteiger partial charge on any atom is -0.457 e. The molecular weight excluding hydrogens is 330 g/mol. The first-order chi connectivity index (χ1) is 12.4. The van der Waals surface area contributed by atoms with Crippen molar-refractivity contribution < 1.29 is 19.1 Å². The number of amides is 1. The van der Waals surface area contributed by atoms with Gasteiger partial charge in [-0.15, -0.1) is 0 Å². The number of carbonyl (C=O) groups is 3. The zero-order valence-electron chi connectivity index (χ0n) is 14.9. The van der Waals surface area contributed by atoms with Crippen molar-refractivity contribution in [2.24, 2.45) is 0 Å². The summed E-state index contributed by atoms with van der Waals surface area (Å²) in [6.45, 7) is 3.24. The van der Waals surface area contributed by atoms with E-state index in [4.69, 9.17) is 4.74 Å². The molecule has 1 N–H and O–H groups in total. The van der Waals surface area contributed by atoms with Gasteiger partial charge in [0.25, 0.3) is 0 Å². The fourth-order valence-corrected chi connectivity index (χ4v) is 2.92. The highest BCUT2D eigenvalue weighted by molar-refractivity contribution is 6.00. The molecule has 0 fully saturated rings. The Bertz CT molecular complexity index is 856. The fourth-order valence-electron chi connectivity index (χ4n) is 2.92. The molecule has 3 rings (SSSR count). The highest BCUT2D eigenvalue weighted by atomic mass is 16.5. The van der Waals surface area contributed by atoms with Gasteiger partial charge in [0.1, 0.15) is 0 Å². The number of anilines is 1. The van der Waals surface area contributed by atoms with E-state index in [2.05, 4.69) is 5.32 Å². The summed E-state index contributed by atoms with van der Waals surface area (Å²) >= 11 is 0. The van der Waals surface area contributed by atoms with Gasteiger partial charge in [0.15, 0.2) is 12.4 Å². The van der Waals surface area contributed by atoms with Crippen molar-refractivity contribution in [1.82, 2.24) is 0 Å². The Balaban J connectivity index is 1.65. The van der Waals surface area contributed by atoms with Crippen molar-refractivity contribution in [3.05, 3.63) is 65.2 Å². The molecule has 0 aromatic heterocycles. The van der Waals surface area contributed by atoms with E-state index in [0.29, 0.717) is 18.4 Å². The number of rotatable bonds is 5. The van der Waals surface area contributed by atoms with Gasteiger partial charge in [-0.1, -0.05) is 30.3 Å². The molecule has 1 aliphatic heterocycles. The third kappa shape index (κ3) is 3.67. The smallest absolute Gasteiger partial charge is 0.316 e. The molecule has 2 aromatic carbocycles. The molecule has 1 aliphatic rings. The van der Waals surface area contributed by atoms with Crippen LogP contribution in [0.25, 0.3) is 0 Å². The molecule has 134 valence electrons. The number of Topliss-reactive ketones (excluding diaryl/α,β-unsaturated/α-hetero) is 1. The van der Waals surface area contributed by atoms with E-state index >= 15 is 0 Å². The lowest BCUT2D eigenvalue weighted by molar-refractivity contribution is -0.148. The van der Waals surface area contributed by atoms with Gasteiger partial charge in [-0.05, 0) is 49.6 Å². The summed E-state index contributed by atoms with van der Waals surface area (Å²) in [4.78, 5) is 36.2. The first kappa shape index (κ1) is 17.9. The van der Waals surface area contributed by atoms with Crippen molar-refractivity contribution >= 4 is 23.3 Å². The number of ketones is 1. The average Bonchev–Trinajstić information content (AvgIpc) is 2.66. The quantitative estimate of drug-likeness (QED) is 0.663. The fraction of sp³-hybridized carbons (Fsp3) is 0.286. The predicted octanol–water partition coefficient (Wildman–Crippen LogP) is 3.28. The lowest BCUT2D eigenvalue weighted by atomic mass is 9.85. The van der Waals surface area contributed by atoms with Crippen LogP contribution in [0.5, 0.6) is 0 Å². The maximum absolute atomic E-state index is 12.4. The van der Waals surface area contributed by atoms with Crippen LogP contribution in [0.4, 0.5) is 5.69 Å². The van der Waals surface area contributed by atoms with Crippen LogP contribution in [-0.4, -0.2) is 24.3 Å². The molecule has 1 heterocycles. The van der Waals surface area contributed by atoms with Gasteiger partial charge in [0.05, 0.1) is 5.41 Å². The number of nitrogens with one attached hydrogen (secondary N) is 1. The number of hydrogen-bond acceptors (Lipinski definition) is 4. The first-order valence-corrected chi connectivity index (χ1v) is 8.56. The molecular formula is C21H21NO4. The lowest BCUT2D eigenvalue weighted by Gasteiger charge is -2.23. The normalized spacial score (nSPS) is 13.5. The van der Waals surface area contributed by atoms with Crippen molar-refractivity contribution in [2.75, 3.05) is 11.9 Å². The van der Waals surface area contributed by atoms with Gasteiger partial charge in [0, 0.05) is 17.7 Å². The molecule has 0 bridgehead atoms. The van der Waals surface area contributed by atoms with Gasteiger partial charge in [-0.2, -0.15) is 0 Å². The summed E-state index contributed by atoms with van der Waals surface area (Å²) in [6, 6.07) is 14.4. The molecule has 26 heavy (non-hydrogen) atoms. The summed E-state index contributed by atoms with van der Waals surface area (Å²) in [5.41, 5.74) is 2.14. The van der Waals surface area contributed by atoms with E-state index in [1.54, 1.807) is 32.0 Å². The summed E-state index contributed by atoms with van der Waals surface area (Å²) in [7, 11) is 0. The molecule has 2 aromatic rings. The Hall–Kier alpha value is -2.95. The number of hydrogen-bond donors (Lipinski definition) is 1. The Morgan fingerprint density at radius 3 is 2.54 bits per heavy atom. The molecule has 0 saturated heterocycles. The van der Waals surface area contributed by atoms with Gasteiger partial charge in [0.2, 0.25) is 5.91 Å². The summed E-state index contributed by atoms with van der Waals surface area (Å²) < 4.78 is 5.28. The minimum absolute atomic E-state index is 0.0198. The van der Waals surface area contributed by atoms with E-state index in [-0.39, 0.29) is 18.3 Å². The van der Waals surface area contributed by atoms with Gasteiger partial charge < -0.3 is 10.1 Å². The Morgan fingerprint density at radius 1 is 1.08 bits per heavy atom. The van der Waals surface area contributed by atoms with Crippen LogP contribution in [-0.2, 0) is 26.2 Å². The molecule has 5 heteroatoms. The molecule has 0 unspecified atom stereocenters. The second-order valence-electron chi connectivity index (χ2n) is 6.91. The molecule has 5 nitrogen and oxygen atoms in total. The number of esters is 1. The van der Waals surface area contributed by atoms with E-state index in [1.807, 2.05) is 30.3 Å². The minimum atomic E-state index is -0.832. The van der Waals surface area contributed by atoms with Gasteiger partial charge in [-0.25, -0.2) is 0 Å². The van der Waals surface area contributed by atoms with Crippen molar-refractivity contribution in [3.63, 3.8) is 0 Å². The van der Waals surface area contributed by atoms with E-state index in [9.17, 15) is 14.4 Å². The Kier molecular flexibility index (Phi) is 4.89. The first-order valence-electron chi connectivity index (χ1n) is 8.56. The number of fused-ring (bicyclic) bond motifs is 1. The summed E-state index contributed by atoms with van der Waals surface area (Å²) in [5.74, 6) is -0.724. The third-order valence-electron chi connectivity index (χ3n) is 4.66. The van der Waals surface area contributed by atoms with Crippen LogP contribution in [0.1, 0.15) is 41.8 Å². The van der Waals surface area contributed by atoms with Crippen molar-refractivity contribution in [1.29, 1.82) is 0 Å². The zero-order valence-corrected chi connectivity index (χ0v) is 14.9. The molecule has 0 atom stereocenters. The second kappa shape index (κ2) is 7.12. The standard InChI is InChI=1S/C21H21NO4/c1-21(2,16-6-4-3-5-7-16)20(25)26-13-18(23)15-8-10-17-14(12-15)9-11-19(24)22-17/h3-8,10,12H,9,11,13H2,1-2H3,(H,22,24). The van der Waals surface area contributed by atoms with E-state index < -0.39 is 11.4 Å². The highest BCUT2D eigenvalue weighted by Crippen LogP contribution is 2.26. The molecule has 0 radical (unpaired) electrons. The van der Waals surface area contributed by atoms with Crippen LogP contribution in [0.2, 0.25) is 0 Å². The lowest BCUT2D eigenvalue weighted by Crippen LogP contribution is -2.32. The molecule has 0 spiro atoms. The largest absolute Gasteiger partial charge is 0.457 e. The second-order valence-corrected chi connectivity index (χ2v) is 6.91. The zero-order chi connectivity index (χ0) is 18.7. The summed E-state index contributed by atoms with van der Waals surface area (Å²) in [6.07, 6.45) is 1.01. The van der Waals surface area contributed by atoms with E-state index in [1.165, 1.54) is 0 Å². The van der Waals surface area contributed by atoms with Gasteiger partial charge in [-0.3, -0.25) is 14.4 Å². The predicted molar refractivity (Wildman–Crippen MR) is 98.2 cm³/mol. The Labute approximate surface area is 152 Å². The average molecular weight is 351 g/mol. The number of aryl methyl sites for hydroxylation is 1. The SMILES string of the molecule is CC(C)(C(=O)OCC(=O)c1ccc2c(c1)CCC(=O)N2)c1ccccc1. The maximum atomic E-state index is 12.4. The number of carbonyl (C=O) groups excluding carboxylic acids is 3. The summed E-state index contributed by atoms with van der Waals surface area (Å²) in [5, 5.41) is 2.78. The molecule has 0 saturated carbocycles. The monoisotopic (exact) mass is 351 g/mol. The topological polar surface area (TPSA) is 72.5 Å². The molecule has 0 aliphatic carbocycles. The molecule has 1 amide bonds. The highest BCUT2D eigenvalue weighted by Gasteiger charge is 2.31. The number of benzene rings is 2. The van der Waals surface area contributed by atoms with Crippen LogP contribution in [0, 0.1) is 0 Å².